The molecule has 0 atom stereocenters. The third-order valence-corrected chi connectivity index (χ3v) is 5.02. The molecule has 1 N–H and O–H groups in total. The smallest absolute Gasteiger partial charge is 0.196 e. The van der Waals surface area contributed by atoms with E-state index in [2.05, 4.69) is 0 Å². The summed E-state index contributed by atoms with van der Waals surface area (Å²) in [5, 5.41) is 10.8. The second-order valence-electron chi connectivity index (χ2n) is 6.72. The lowest BCUT2D eigenvalue weighted by Crippen LogP contribution is -2.07. The number of carbonyl (C=O) groups excluding carboxylic acids is 2. The van der Waals surface area contributed by atoms with Gasteiger partial charge in [-0.2, -0.15) is 0 Å². The highest BCUT2D eigenvalue weighted by Crippen LogP contribution is 2.33. The van der Waals surface area contributed by atoms with Crippen LogP contribution in [-0.2, 0) is 11.2 Å². The molecule has 7 heteroatoms. The third kappa shape index (κ3) is 5.17. The van der Waals surface area contributed by atoms with Crippen molar-refractivity contribution in [2.45, 2.75) is 13.3 Å². The number of halogens is 3. The van der Waals surface area contributed by atoms with Gasteiger partial charge >= 0.3 is 0 Å². The Bertz CT molecular complexity index is 1090. The number of ether oxygens (including phenoxy) is 1. The number of hydrogen-bond acceptors (Lipinski definition) is 4. The highest BCUT2D eigenvalue weighted by Gasteiger charge is 2.16. The number of aromatic hydroxyl groups is 1. The van der Waals surface area contributed by atoms with Crippen molar-refractivity contribution in [3.63, 3.8) is 0 Å². The summed E-state index contributed by atoms with van der Waals surface area (Å²) in [6.07, 6.45) is 0.300. The number of phenolic OH excluding ortho intramolecular Hbond substituents is 1. The lowest BCUT2D eigenvalue weighted by atomic mass is 9.97. The average molecular weight is 447 g/mol. The zero-order chi connectivity index (χ0) is 21.8. The van der Waals surface area contributed by atoms with Gasteiger partial charge in [0.1, 0.15) is 23.9 Å². The van der Waals surface area contributed by atoms with Gasteiger partial charge in [-0.25, -0.2) is 4.39 Å². The van der Waals surface area contributed by atoms with Gasteiger partial charge in [-0.3, -0.25) is 9.59 Å². The molecule has 0 aliphatic heterocycles. The predicted molar refractivity (Wildman–Crippen MR) is 113 cm³/mol. The van der Waals surface area contributed by atoms with E-state index < -0.39 is 11.6 Å². The van der Waals surface area contributed by atoms with E-state index in [-0.39, 0.29) is 29.3 Å². The number of ketones is 2. The first-order valence-electron chi connectivity index (χ1n) is 8.97. The van der Waals surface area contributed by atoms with Crippen LogP contribution in [-0.4, -0.2) is 23.3 Å². The fourth-order valence-electron chi connectivity index (χ4n) is 2.85. The standard InChI is InChI=1S/C23H17Cl2FO4/c1-13(27)12-30-17-10-20(24)18(21(25)11-17)8-14-2-7-22(28)19(9-14)23(29)15-3-5-16(26)6-4-15/h2-7,9-11,28H,8,12H2,1H3. The van der Waals surface area contributed by atoms with Crippen LogP contribution in [0.3, 0.4) is 0 Å². The number of carbonyl (C=O) groups is 2. The first-order valence-corrected chi connectivity index (χ1v) is 9.72. The molecule has 0 amide bonds. The van der Waals surface area contributed by atoms with E-state index in [4.69, 9.17) is 27.9 Å². The molecule has 0 radical (unpaired) electrons. The molecule has 0 spiro atoms. The fourth-order valence-corrected chi connectivity index (χ4v) is 3.45. The molecule has 0 bridgehead atoms. The summed E-state index contributed by atoms with van der Waals surface area (Å²) in [6, 6.07) is 12.8. The van der Waals surface area contributed by atoms with Gasteiger partial charge in [0.15, 0.2) is 11.6 Å². The van der Waals surface area contributed by atoms with E-state index >= 15 is 0 Å². The Morgan fingerprint density at radius 2 is 1.63 bits per heavy atom. The molecule has 30 heavy (non-hydrogen) atoms. The first-order chi connectivity index (χ1) is 14.2. The molecular weight excluding hydrogens is 430 g/mol. The van der Waals surface area contributed by atoms with Gasteiger partial charge in [-0.1, -0.05) is 29.3 Å². The molecule has 0 aliphatic carbocycles. The van der Waals surface area contributed by atoms with Crippen molar-refractivity contribution in [2.24, 2.45) is 0 Å². The van der Waals surface area contributed by atoms with Crippen molar-refractivity contribution in [3.05, 3.63) is 92.7 Å². The second-order valence-corrected chi connectivity index (χ2v) is 7.53. The molecule has 3 rings (SSSR count). The largest absolute Gasteiger partial charge is 0.507 e. The van der Waals surface area contributed by atoms with Gasteiger partial charge in [-0.15, -0.1) is 0 Å². The maximum Gasteiger partial charge on any atom is 0.196 e. The van der Waals surface area contributed by atoms with Crippen molar-refractivity contribution in [3.8, 4) is 11.5 Å². The molecule has 0 saturated carbocycles. The summed E-state index contributed by atoms with van der Waals surface area (Å²) >= 11 is 12.7. The van der Waals surface area contributed by atoms with E-state index in [0.29, 0.717) is 33.3 Å². The fraction of sp³-hybridized carbons (Fsp3) is 0.130. The Morgan fingerprint density at radius 1 is 1.00 bits per heavy atom. The molecular formula is C23H17Cl2FO4. The summed E-state index contributed by atoms with van der Waals surface area (Å²) in [6.45, 7) is 1.33. The highest BCUT2D eigenvalue weighted by molar-refractivity contribution is 6.36. The van der Waals surface area contributed by atoms with Gasteiger partial charge in [0.25, 0.3) is 0 Å². The lowest BCUT2D eigenvalue weighted by Gasteiger charge is -2.12. The molecule has 3 aromatic carbocycles. The summed E-state index contributed by atoms with van der Waals surface area (Å²) < 4.78 is 18.5. The lowest BCUT2D eigenvalue weighted by molar-refractivity contribution is -0.118. The zero-order valence-corrected chi connectivity index (χ0v) is 17.4. The molecule has 0 fully saturated rings. The Hall–Kier alpha value is -2.89. The van der Waals surface area contributed by atoms with Crippen LogP contribution in [0.25, 0.3) is 0 Å². The molecule has 0 aromatic heterocycles. The molecule has 4 nitrogen and oxygen atoms in total. The average Bonchev–Trinajstić information content (AvgIpc) is 2.70. The Labute approximate surface area is 182 Å². The monoisotopic (exact) mass is 446 g/mol. The topological polar surface area (TPSA) is 63.6 Å². The summed E-state index contributed by atoms with van der Waals surface area (Å²) in [4.78, 5) is 23.8. The van der Waals surface area contributed by atoms with E-state index in [9.17, 15) is 19.1 Å². The van der Waals surface area contributed by atoms with E-state index in [0.717, 1.165) is 0 Å². The highest BCUT2D eigenvalue weighted by atomic mass is 35.5. The van der Waals surface area contributed by atoms with Gasteiger partial charge in [0, 0.05) is 22.0 Å². The van der Waals surface area contributed by atoms with Gasteiger partial charge in [0.2, 0.25) is 0 Å². The molecule has 0 aliphatic rings. The molecule has 3 aromatic rings. The Morgan fingerprint density at radius 3 is 2.23 bits per heavy atom. The van der Waals surface area contributed by atoms with Gasteiger partial charge < -0.3 is 9.84 Å². The summed E-state index contributed by atoms with van der Waals surface area (Å²) in [5.41, 5.74) is 1.65. The van der Waals surface area contributed by atoms with Crippen LogP contribution in [0.5, 0.6) is 11.5 Å². The number of hydrogen-bond donors (Lipinski definition) is 1. The van der Waals surface area contributed by atoms with Crippen molar-refractivity contribution in [1.82, 2.24) is 0 Å². The maximum absolute atomic E-state index is 13.1. The molecule has 0 unspecified atom stereocenters. The van der Waals surface area contributed by atoms with Crippen molar-refractivity contribution in [1.29, 1.82) is 0 Å². The van der Waals surface area contributed by atoms with Crippen LogP contribution in [0.1, 0.15) is 34.0 Å². The van der Waals surface area contributed by atoms with Gasteiger partial charge in [0.05, 0.1) is 5.56 Å². The van der Waals surface area contributed by atoms with Crippen molar-refractivity contribution < 1.29 is 23.8 Å². The van der Waals surface area contributed by atoms with Crippen LogP contribution < -0.4 is 4.74 Å². The van der Waals surface area contributed by atoms with E-state index in [1.54, 1.807) is 24.3 Å². The summed E-state index contributed by atoms with van der Waals surface area (Å²) in [7, 11) is 0. The Balaban J connectivity index is 1.87. The van der Waals surface area contributed by atoms with Crippen LogP contribution >= 0.6 is 23.2 Å². The maximum atomic E-state index is 13.1. The predicted octanol–water partition coefficient (Wildman–Crippen LogP) is 5.63. The summed E-state index contributed by atoms with van der Waals surface area (Å²) in [5.74, 6) is -0.821. The number of Topliss-reactive ketones (excluding diaryl/α,β-unsaturated/α-hetero) is 1. The quantitative estimate of drug-likeness (QED) is 0.477. The van der Waals surface area contributed by atoms with Crippen LogP contribution in [0.2, 0.25) is 10.0 Å². The van der Waals surface area contributed by atoms with E-state index in [1.807, 2.05) is 0 Å². The van der Waals surface area contributed by atoms with E-state index in [1.165, 1.54) is 37.3 Å². The third-order valence-electron chi connectivity index (χ3n) is 4.35. The van der Waals surface area contributed by atoms with Crippen molar-refractivity contribution >= 4 is 34.8 Å². The van der Waals surface area contributed by atoms with Crippen LogP contribution in [0, 0.1) is 5.82 Å². The molecule has 0 heterocycles. The minimum absolute atomic E-state index is 0.0845. The number of benzene rings is 3. The number of rotatable bonds is 7. The second kappa shape index (κ2) is 9.28. The minimum Gasteiger partial charge on any atom is -0.507 e. The number of phenols is 1. The normalized spacial score (nSPS) is 10.7. The molecule has 0 saturated heterocycles. The Kier molecular flexibility index (Phi) is 6.75. The zero-order valence-electron chi connectivity index (χ0n) is 15.9. The minimum atomic E-state index is -0.454. The van der Waals surface area contributed by atoms with Gasteiger partial charge in [-0.05, 0) is 66.6 Å². The van der Waals surface area contributed by atoms with Crippen LogP contribution in [0.4, 0.5) is 4.39 Å². The first kappa shape index (κ1) is 21.8. The van der Waals surface area contributed by atoms with Crippen LogP contribution in [0.15, 0.2) is 54.6 Å². The van der Waals surface area contributed by atoms with Crippen molar-refractivity contribution in [2.75, 3.05) is 6.61 Å². The SMILES string of the molecule is CC(=O)COc1cc(Cl)c(Cc2ccc(O)c(C(=O)c3ccc(F)cc3)c2)c(Cl)c1. The molecule has 154 valence electrons.